The molecular weight excluding hydrogens is 242 g/mol. The minimum atomic E-state index is -0.689. The fourth-order valence-corrected chi connectivity index (χ4v) is 4.02. The molecule has 0 saturated carbocycles. The number of hydrogen-bond donors (Lipinski definition) is 1. The van der Waals surface area contributed by atoms with Crippen LogP contribution < -0.4 is 5.32 Å². The molecule has 3 atom stereocenters. The van der Waals surface area contributed by atoms with Crippen molar-refractivity contribution in [3.63, 3.8) is 0 Å². The topological polar surface area (TPSA) is 29.1 Å². The summed E-state index contributed by atoms with van der Waals surface area (Å²) >= 11 is 0. The molecule has 1 aromatic carbocycles. The van der Waals surface area contributed by atoms with Crippen LogP contribution in [0.3, 0.4) is 0 Å². The molecule has 1 N–H and O–H groups in total. The lowest BCUT2D eigenvalue weighted by Gasteiger charge is -2.16. The number of nitrogens with one attached hydrogen (secondary N) is 1. The molecule has 0 aliphatic carbocycles. The molecule has 0 aromatic heterocycles. The largest absolute Gasteiger partial charge is 0.309 e. The Kier molecular flexibility index (Phi) is 4.95. The van der Waals surface area contributed by atoms with Gasteiger partial charge in [-0.3, -0.25) is 4.21 Å². The predicted molar refractivity (Wildman–Crippen MR) is 78.2 cm³/mol. The molecule has 0 spiro atoms. The molecule has 1 aliphatic rings. The van der Waals surface area contributed by atoms with Crippen molar-refractivity contribution < 1.29 is 4.21 Å². The first-order valence-corrected chi connectivity index (χ1v) is 8.35. The highest BCUT2D eigenvalue weighted by Crippen LogP contribution is 2.19. The Morgan fingerprint density at radius 1 is 1.28 bits per heavy atom. The van der Waals surface area contributed by atoms with Gasteiger partial charge in [0.25, 0.3) is 0 Å². The van der Waals surface area contributed by atoms with Crippen LogP contribution in [0.1, 0.15) is 37.4 Å². The monoisotopic (exact) mass is 265 g/mol. The molecule has 3 unspecified atom stereocenters. The highest BCUT2D eigenvalue weighted by Gasteiger charge is 2.21. The van der Waals surface area contributed by atoms with E-state index in [4.69, 9.17) is 0 Å². The van der Waals surface area contributed by atoms with Gasteiger partial charge >= 0.3 is 0 Å². The van der Waals surface area contributed by atoms with E-state index in [2.05, 4.69) is 43.4 Å². The van der Waals surface area contributed by atoms with E-state index in [-0.39, 0.29) is 6.04 Å². The van der Waals surface area contributed by atoms with Crippen molar-refractivity contribution in [2.24, 2.45) is 5.92 Å². The molecule has 0 radical (unpaired) electrons. The van der Waals surface area contributed by atoms with E-state index in [0.717, 1.165) is 24.5 Å². The van der Waals surface area contributed by atoms with E-state index in [9.17, 15) is 4.21 Å². The zero-order chi connectivity index (χ0) is 13.0. The highest BCUT2D eigenvalue weighted by atomic mass is 32.2. The normalized spacial score (nSPS) is 28.9. The molecule has 18 heavy (non-hydrogen) atoms. The second kappa shape index (κ2) is 6.48. The molecule has 1 saturated heterocycles. The Balaban J connectivity index is 2.07. The molecule has 2 nitrogen and oxygen atoms in total. The highest BCUT2D eigenvalue weighted by molar-refractivity contribution is 7.85. The van der Waals surface area contributed by atoms with E-state index in [1.54, 1.807) is 0 Å². The fourth-order valence-electron chi connectivity index (χ4n) is 2.45. The van der Waals surface area contributed by atoms with Gasteiger partial charge in [-0.15, -0.1) is 0 Å². The first-order valence-electron chi connectivity index (χ1n) is 6.86. The maximum Gasteiger partial charge on any atom is 0.0436 e. The molecule has 1 aliphatic heterocycles. The molecule has 2 rings (SSSR count). The molecule has 1 fully saturated rings. The van der Waals surface area contributed by atoms with Gasteiger partial charge in [0.05, 0.1) is 0 Å². The third-order valence-electron chi connectivity index (χ3n) is 3.46. The lowest BCUT2D eigenvalue weighted by atomic mass is 10.0. The first kappa shape index (κ1) is 13.8. The zero-order valence-electron chi connectivity index (χ0n) is 11.3. The van der Waals surface area contributed by atoms with Gasteiger partial charge in [0.1, 0.15) is 0 Å². The van der Waals surface area contributed by atoms with Gasteiger partial charge in [-0.05, 0) is 30.0 Å². The summed E-state index contributed by atoms with van der Waals surface area (Å²) in [5.41, 5.74) is 2.67. The Morgan fingerprint density at radius 2 is 2.00 bits per heavy atom. The SMILES string of the molecule is CCCc1ccc(C2CS(=O)CC(C)CN2)cc1. The van der Waals surface area contributed by atoms with Crippen LogP contribution in [0, 0.1) is 5.92 Å². The summed E-state index contributed by atoms with van der Waals surface area (Å²) in [6.45, 7) is 5.33. The third kappa shape index (κ3) is 3.66. The van der Waals surface area contributed by atoms with Crippen LogP contribution in [-0.2, 0) is 17.2 Å². The Labute approximate surface area is 113 Å². The van der Waals surface area contributed by atoms with Crippen LogP contribution in [-0.4, -0.2) is 22.3 Å². The van der Waals surface area contributed by atoms with Crippen molar-refractivity contribution >= 4 is 10.8 Å². The average molecular weight is 265 g/mol. The predicted octanol–water partition coefficient (Wildman–Crippen LogP) is 2.67. The Morgan fingerprint density at radius 3 is 2.67 bits per heavy atom. The Hall–Kier alpha value is -0.670. The van der Waals surface area contributed by atoms with Crippen molar-refractivity contribution in [3.05, 3.63) is 35.4 Å². The summed E-state index contributed by atoms with van der Waals surface area (Å²) in [6.07, 6.45) is 2.32. The Bertz CT molecular complexity index is 401. The van der Waals surface area contributed by atoms with Gasteiger partial charge in [-0.1, -0.05) is 44.5 Å². The van der Waals surface area contributed by atoms with Gasteiger partial charge < -0.3 is 5.32 Å². The van der Waals surface area contributed by atoms with E-state index in [1.165, 1.54) is 17.5 Å². The fraction of sp³-hybridized carbons (Fsp3) is 0.600. The van der Waals surface area contributed by atoms with Gasteiger partial charge in [-0.2, -0.15) is 0 Å². The minimum absolute atomic E-state index is 0.256. The lowest BCUT2D eigenvalue weighted by Crippen LogP contribution is -2.25. The maximum absolute atomic E-state index is 11.9. The second-order valence-electron chi connectivity index (χ2n) is 5.33. The van der Waals surface area contributed by atoms with Gasteiger partial charge in [0.2, 0.25) is 0 Å². The number of benzene rings is 1. The summed E-state index contributed by atoms with van der Waals surface area (Å²) in [4.78, 5) is 0. The van der Waals surface area contributed by atoms with Gasteiger partial charge in [-0.25, -0.2) is 0 Å². The first-order chi connectivity index (χ1) is 8.69. The van der Waals surface area contributed by atoms with Crippen molar-refractivity contribution in [3.8, 4) is 0 Å². The lowest BCUT2D eigenvalue weighted by molar-refractivity contribution is 0.517. The van der Waals surface area contributed by atoms with Crippen LogP contribution in [0.2, 0.25) is 0 Å². The van der Waals surface area contributed by atoms with E-state index >= 15 is 0 Å². The molecular formula is C15H23NOS. The van der Waals surface area contributed by atoms with Crippen LogP contribution in [0.4, 0.5) is 0 Å². The zero-order valence-corrected chi connectivity index (χ0v) is 12.1. The van der Waals surface area contributed by atoms with E-state index in [0.29, 0.717) is 5.92 Å². The number of hydrogen-bond acceptors (Lipinski definition) is 2. The van der Waals surface area contributed by atoms with Crippen molar-refractivity contribution in [2.75, 3.05) is 18.1 Å². The molecule has 1 aromatic rings. The molecule has 0 bridgehead atoms. The molecule has 0 amide bonds. The maximum atomic E-state index is 11.9. The number of rotatable bonds is 3. The summed E-state index contributed by atoms with van der Waals surface area (Å²) in [5, 5.41) is 3.54. The van der Waals surface area contributed by atoms with Gasteiger partial charge in [0.15, 0.2) is 0 Å². The summed E-state index contributed by atoms with van der Waals surface area (Å²) < 4.78 is 11.9. The van der Waals surface area contributed by atoms with Crippen molar-refractivity contribution in [1.29, 1.82) is 0 Å². The molecule has 3 heteroatoms. The van der Waals surface area contributed by atoms with Gasteiger partial charge in [0, 0.05) is 28.3 Å². The van der Waals surface area contributed by atoms with Crippen molar-refractivity contribution in [2.45, 2.75) is 32.7 Å². The smallest absolute Gasteiger partial charge is 0.0436 e. The summed E-state index contributed by atoms with van der Waals surface area (Å²) in [7, 11) is -0.689. The van der Waals surface area contributed by atoms with E-state index < -0.39 is 10.8 Å². The van der Waals surface area contributed by atoms with Crippen LogP contribution >= 0.6 is 0 Å². The van der Waals surface area contributed by atoms with Crippen LogP contribution in [0.25, 0.3) is 0 Å². The van der Waals surface area contributed by atoms with Crippen LogP contribution in [0.5, 0.6) is 0 Å². The van der Waals surface area contributed by atoms with Crippen LogP contribution in [0.15, 0.2) is 24.3 Å². The summed E-state index contributed by atoms with van der Waals surface area (Å²) in [5.74, 6) is 2.09. The van der Waals surface area contributed by atoms with Crippen molar-refractivity contribution in [1.82, 2.24) is 5.32 Å². The standard InChI is InChI=1S/C15H23NOS/c1-3-4-13-5-7-14(8-6-13)15-11-18(17)10-12(2)9-16-15/h5-8,12,15-16H,3-4,9-11H2,1-2H3. The molecule has 1 heterocycles. The molecule has 100 valence electrons. The third-order valence-corrected chi connectivity index (χ3v) is 5.10. The second-order valence-corrected chi connectivity index (χ2v) is 6.88. The van der Waals surface area contributed by atoms with E-state index in [1.807, 2.05) is 0 Å². The average Bonchev–Trinajstić information content (AvgIpc) is 2.52. The quantitative estimate of drug-likeness (QED) is 0.910. The number of aryl methyl sites for hydroxylation is 1. The minimum Gasteiger partial charge on any atom is -0.309 e. The summed E-state index contributed by atoms with van der Waals surface area (Å²) in [6, 6.07) is 9.05.